The van der Waals surface area contributed by atoms with Crippen molar-refractivity contribution in [3.05, 3.63) is 48.0 Å². The standard InChI is InChI=1S/C22H28N4O6/c23-10-9-16(24)20(29)26-18(21(30)25-17(22(31)32)7-8-19(27)28)12-13-5-6-14-3-1-2-4-15(14)11-13/h1-6,11,16-18H,7-10,12,23-24H2,(H,25,30)(H,26,29)(H,27,28)(H,31,32)/t16-,17-,18-/m0/s1. The zero-order valence-corrected chi connectivity index (χ0v) is 17.5. The Morgan fingerprint density at radius 1 is 0.875 bits per heavy atom. The van der Waals surface area contributed by atoms with Crippen molar-refractivity contribution >= 4 is 34.5 Å². The molecule has 8 N–H and O–H groups in total. The Morgan fingerprint density at radius 3 is 2.16 bits per heavy atom. The molecule has 10 heteroatoms. The molecule has 0 spiro atoms. The molecule has 0 aromatic heterocycles. The molecule has 172 valence electrons. The first kappa shape index (κ1) is 24.8. The van der Waals surface area contributed by atoms with Gasteiger partial charge in [0, 0.05) is 12.8 Å². The number of carbonyl (C=O) groups is 4. The summed E-state index contributed by atoms with van der Waals surface area (Å²) in [5, 5.41) is 25.0. The van der Waals surface area contributed by atoms with Crippen molar-refractivity contribution in [2.24, 2.45) is 11.5 Å². The van der Waals surface area contributed by atoms with E-state index in [1.807, 2.05) is 42.5 Å². The van der Waals surface area contributed by atoms with Gasteiger partial charge in [0.15, 0.2) is 0 Å². The van der Waals surface area contributed by atoms with Gasteiger partial charge in [0.2, 0.25) is 11.8 Å². The quantitative estimate of drug-likeness (QED) is 0.264. The second kappa shape index (κ2) is 11.8. The molecule has 2 rings (SSSR count). The molecule has 10 nitrogen and oxygen atoms in total. The van der Waals surface area contributed by atoms with Gasteiger partial charge in [0.1, 0.15) is 12.1 Å². The number of amides is 2. The van der Waals surface area contributed by atoms with Crippen molar-refractivity contribution in [2.45, 2.75) is 43.8 Å². The molecule has 0 aliphatic carbocycles. The molecule has 0 aliphatic heterocycles. The lowest BCUT2D eigenvalue weighted by Crippen LogP contribution is -2.55. The van der Waals surface area contributed by atoms with Crippen LogP contribution < -0.4 is 22.1 Å². The number of rotatable bonds is 12. The van der Waals surface area contributed by atoms with Gasteiger partial charge in [-0.05, 0) is 35.7 Å². The van der Waals surface area contributed by atoms with Crippen LogP contribution in [-0.2, 0) is 25.6 Å². The van der Waals surface area contributed by atoms with Crippen molar-refractivity contribution in [3.8, 4) is 0 Å². The third-order valence-corrected chi connectivity index (χ3v) is 4.96. The minimum Gasteiger partial charge on any atom is -0.481 e. The van der Waals surface area contributed by atoms with E-state index in [0.29, 0.717) is 0 Å². The summed E-state index contributed by atoms with van der Waals surface area (Å²) in [7, 11) is 0. The first-order valence-electron chi connectivity index (χ1n) is 10.2. The van der Waals surface area contributed by atoms with E-state index in [0.717, 1.165) is 16.3 Å². The number of nitrogens with two attached hydrogens (primary N) is 2. The van der Waals surface area contributed by atoms with Crippen LogP contribution in [-0.4, -0.2) is 58.6 Å². The summed E-state index contributed by atoms with van der Waals surface area (Å²) in [6.07, 6.45) is -0.421. The highest BCUT2D eigenvalue weighted by Crippen LogP contribution is 2.17. The summed E-state index contributed by atoms with van der Waals surface area (Å²) in [6.45, 7) is 0.187. The lowest BCUT2D eigenvalue weighted by molar-refractivity contribution is -0.143. The molecule has 2 aromatic rings. The normalized spacial score (nSPS) is 13.7. The van der Waals surface area contributed by atoms with Gasteiger partial charge in [0.05, 0.1) is 6.04 Å². The van der Waals surface area contributed by atoms with Crippen LogP contribution in [0.2, 0.25) is 0 Å². The van der Waals surface area contributed by atoms with Crippen LogP contribution in [0.1, 0.15) is 24.8 Å². The zero-order chi connectivity index (χ0) is 23.7. The van der Waals surface area contributed by atoms with Crippen LogP contribution in [0.25, 0.3) is 10.8 Å². The van der Waals surface area contributed by atoms with Gasteiger partial charge in [-0.3, -0.25) is 14.4 Å². The smallest absolute Gasteiger partial charge is 0.326 e. The molecule has 2 amide bonds. The number of aliphatic carboxylic acids is 2. The van der Waals surface area contributed by atoms with Crippen LogP contribution in [0, 0.1) is 0 Å². The van der Waals surface area contributed by atoms with Crippen LogP contribution in [0.3, 0.4) is 0 Å². The maximum absolute atomic E-state index is 12.9. The Hall–Kier alpha value is -3.50. The summed E-state index contributed by atoms with van der Waals surface area (Å²) in [4.78, 5) is 47.6. The Balaban J connectivity index is 2.23. The Bertz CT molecular complexity index is 980. The van der Waals surface area contributed by atoms with Gasteiger partial charge in [-0.15, -0.1) is 0 Å². The summed E-state index contributed by atoms with van der Waals surface area (Å²) in [6, 6.07) is 9.76. The number of nitrogens with one attached hydrogen (secondary N) is 2. The van der Waals surface area contributed by atoms with Crippen molar-refractivity contribution in [2.75, 3.05) is 6.54 Å². The fraction of sp³-hybridized carbons (Fsp3) is 0.364. The number of fused-ring (bicyclic) bond motifs is 1. The SMILES string of the molecule is NCC[C@H](N)C(=O)N[C@@H](Cc1ccc2ccccc2c1)C(=O)N[C@@H](CCC(=O)O)C(=O)O. The second-order valence-electron chi connectivity index (χ2n) is 7.46. The third-order valence-electron chi connectivity index (χ3n) is 4.96. The minimum absolute atomic E-state index is 0.0863. The monoisotopic (exact) mass is 444 g/mol. The number of carbonyl (C=O) groups excluding carboxylic acids is 2. The molecule has 0 unspecified atom stereocenters. The molecule has 0 heterocycles. The van der Waals surface area contributed by atoms with Gasteiger partial charge in [0.25, 0.3) is 0 Å². The van der Waals surface area contributed by atoms with E-state index < -0.39 is 48.3 Å². The van der Waals surface area contributed by atoms with Crippen molar-refractivity contribution in [3.63, 3.8) is 0 Å². The van der Waals surface area contributed by atoms with E-state index >= 15 is 0 Å². The Kier molecular flexibility index (Phi) is 9.11. The highest BCUT2D eigenvalue weighted by molar-refractivity contribution is 5.92. The molecule has 0 saturated carbocycles. The van der Waals surface area contributed by atoms with Gasteiger partial charge >= 0.3 is 11.9 Å². The number of hydrogen-bond acceptors (Lipinski definition) is 6. The third kappa shape index (κ3) is 7.33. The van der Waals surface area contributed by atoms with Gasteiger partial charge in [-0.1, -0.05) is 42.5 Å². The first-order valence-corrected chi connectivity index (χ1v) is 10.2. The minimum atomic E-state index is -1.41. The first-order chi connectivity index (χ1) is 15.2. The average Bonchev–Trinajstić information content (AvgIpc) is 2.75. The predicted molar refractivity (Wildman–Crippen MR) is 118 cm³/mol. The lowest BCUT2D eigenvalue weighted by atomic mass is 10.00. The fourth-order valence-corrected chi connectivity index (χ4v) is 3.20. The Labute approximate surface area is 185 Å². The van der Waals surface area contributed by atoms with E-state index in [1.165, 1.54) is 0 Å². The van der Waals surface area contributed by atoms with E-state index in [9.17, 15) is 24.3 Å². The maximum Gasteiger partial charge on any atom is 0.326 e. The molecule has 32 heavy (non-hydrogen) atoms. The van der Waals surface area contributed by atoms with Crippen molar-refractivity contribution in [1.29, 1.82) is 0 Å². The number of hydrogen-bond donors (Lipinski definition) is 6. The topological polar surface area (TPSA) is 185 Å². The van der Waals surface area contributed by atoms with Crippen LogP contribution >= 0.6 is 0 Å². The van der Waals surface area contributed by atoms with Gasteiger partial charge in [-0.2, -0.15) is 0 Å². The summed E-state index contributed by atoms with van der Waals surface area (Å²) >= 11 is 0. The molecule has 0 fully saturated rings. The molecule has 0 radical (unpaired) electrons. The molecule has 0 saturated heterocycles. The molecule has 2 aromatic carbocycles. The molecule has 3 atom stereocenters. The Morgan fingerprint density at radius 2 is 1.53 bits per heavy atom. The van der Waals surface area contributed by atoms with Crippen molar-refractivity contribution in [1.82, 2.24) is 10.6 Å². The molecular weight excluding hydrogens is 416 g/mol. The van der Waals surface area contributed by atoms with Gasteiger partial charge < -0.3 is 32.3 Å². The number of carboxylic acid groups (broad SMARTS) is 2. The van der Waals surface area contributed by atoms with Gasteiger partial charge in [-0.25, -0.2) is 4.79 Å². The maximum atomic E-state index is 12.9. The van der Waals surface area contributed by atoms with E-state index in [-0.39, 0.29) is 25.8 Å². The summed E-state index contributed by atoms with van der Waals surface area (Å²) in [5.74, 6) is -3.88. The van der Waals surface area contributed by atoms with E-state index in [2.05, 4.69) is 10.6 Å². The summed E-state index contributed by atoms with van der Waals surface area (Å²) < 4.78 is 0. The summed E-state index contributed by atoms with van der Waals surface area (Å²) in [5.41, 5.74) is 12.0. The highest BCUT2D eigenvalue weighted by atomic mass is 16.4. The average molecular weight is 444 g/mol. The molecule has 0 bridgehead atoms. The molecular formula is C22H28N4O6. The van der Waals surface area contributed by atoms with E-state index in [4.69, 9.17) is 16.6 Å². The van der Waals surface area contributed by atoms with Crippen LogP contribution in [0.5, 0.6) is 0 Å². The van der Waals surface area contributed by atoms with Crippen LogP contribution in [0.15, 0.2) is 42.5 Å². The molecule has 0 aliphatic rings. The van der Waals surface area contributed by atoms with Crippen molar-refractivity contribution < 1.29 is 29.4 Å². The van der Waals surface area contributed by atoms with Crippen LogP contribution in [0.4, 0.5) is 0 Å². The van der Waals surface area contributed by atoms with E-state index in [1.54, 1.807) is 0 Å². The second-order valence-corrected chi connectivity index (χ2v) is 7.46. The number of carboxylic acids is 2. The highest BCUT2D eigenvalue weighted by Gasteiger charge is 2.28. The number of benzene rings is 2. The predicted octanol–water partition coefficient (Wildman–Crippen LogP) is -0.0226. The fourth-order valence-electron chi connectivity index (χ4n) is 3.20. The lowest BCUT2D eigenvalue weighted by Gasteiger charge is -2.23. The zero-order valence-electron chi connectivity index (χ0n) is 17.5. The largest absolute Gasteiger partial charge is 0.481 e.